The minimum absolute atomic E-state index is 2.00. The van der Waals surface area contributed by atoms with E-state index in [1.807, 2.05) is 6.79 Å². The van der Waals surface area contributed by atoms with Gasteiger partial charge < -0.3 is 4.79 Å². The first-order valence-corrected chi connectivity index (χ1v) is 6.86. The molecule has 0 rings (SSSR count). The average Bonchev–Trinajstić information content (AvgIpc) is 2.03. The van der Waals surface area contributed by atoms with E-state index in [0.717, 1.165) is 0 Å². The van der Waals surface area contributed by atoms with Crippen LogP contribution in [0.3, 0.4) is 0 Å². The van der Waals surface area contributed by atoms with Crippen LogP contribution in [0.25, 0.3) is 0 Å². The summed E-state index contributed by atoms with van der Waals surface area (Å²) in [5.74, 6) is 0. The molecule has 0 saturated carbocycles. The Kier molecular flexibility index (Phi) is 18.7. The summed E-state index contributed by atoms with van der Waals surface area (Å²) < 4.78 is 80.2. The van der Waals surface area contributed by atoms with Crippen LogP contribution >= 0.6 is 0 Å². The van der Waals surface area contributed by atoms with E-state index < -0.39 is 43.9 Å². The second kappa shape index (κ2) is 14.4. The maximum absolute atomic E-state index is 9.24. The van der Waals surface area contributed by atoms with Gasteiger partial charge in [0.1, 0.15) is 6.79 Å². The first kappa shape index (κ1) is 20.8. The third-order valence-electron chi connectivity index (χ3n) is 0.267. The highest BCUT2D eigenvalue weighted by atomic mass is 32.3. The molecule has 0 radical (unpaired) electrons. The van der Waals surface area contributed by atoms with Gasteiger partial charge in [-0.05, 0) is 0 Å². The highest BCUT2D eigenvalue weighted by Crippen LogP contribution is 1.67. The Hall–Kier alpha value is -0.610. The van der Waals surface area contributed by atoms with E-state index in [2.05, 4.69) is 7.26 Å². The number of hydrogen-bond acceptors (Lipinski definition) is 11. The molecule has 0 amide bonds. The maximum atomic E-state index is 9.24. The van der Waals surface area contributed by atoms with Crippen molar-refractivity contribution < 1.29 is 45.7 Å². The maximum Gasteiger partial charge on any atom is 0.271 e. The third kappa shape index (κ3) is 37.6. The minimum Gasteiger partial charge on any atom is -0.307 e. The van der Waals surface area contributed by atoms with Crippen molar-refractivity contribution in [2.75, 3.05) is 0 Å². The van der Waals surface area contributed by atoms with Crippen LogP contribution in [0.2, 0.25) is 0 Å². The smallest absolute Gasteiger partial charge is 0.271 e. The lowest BCUT2D eigenvalue weighted by atomic mass is 11.9. The average molecular weight is 322 g/mol. The fraction of sp³-hybridized carbons (Fsp3) is 0. The molecule has 11 nitrogen and oxygen atoms in total. The van der Waals surface area contributed by atoms with E-state index >= 15 is 0 Å². The minimum atomic E-state index is -3.24. The summed E-state index contributed by atoms with van der Waals surface area (Å²) in [6.07, 6.45) is 0. The van der Waals surface area contributed by atoms with Crippen molar-refractivity contribution in [2.24, 2.45) is 0 Å². The second-order valence-electron chi connectivity index (χ2n) is 1.06. The zero-order valence-corrected chi connectivity index (χ0v) is 10.6. The molecule has 0 fully saturated rings. The molecule has 0 unspecified atom stereocenters. The predicted molar refractivity (Wildman–Crippen MR) is 50.6 cm³/mol. The molecule has 0 aliphatic carbocycles. The molecular weight excluding hydrogens is 316 g/mol. The zero-order valence-electron chi connectivity index (χ0n) is 6.99. The molecule has 0 spiro atoms. The van der Waals surface area contributed by atoms with Gasteiger partial charge in [0.05, 0.1) is 0 Å². The van der Waals surface area contributed by atoms with Crippen LogP contribution in [0.5, 0.6) is 0 Å². The SMILES string of the molecule is C=O.O=[SH](=O)O[SH](=O)=O.O=[SH](=O)O[SH](=O)=O. The van der Waals surface area contributed by atoms with Gasteiger partial charge >= 0.3 is 0 Å². The number of carbonyl (C=O) groups excluding carboxylic acids is 1. The van der Waals surface area contributed by atoms with Gasteiger partial charge in [0.25, 0.3) is 43.9 Å². The Labute approximate surface area is 96.6 Å². The topological polar surface area (TPSA) is 172 Å². The van der Waals surface area contributed by atoms with Crippen LogP contribution in [0, 0.1) is 0 Å². The van der Waals surface area contributed by atoms with Gasteiger partial charge in [-0.25, -0.2) is 33.7 Å². The van der Waals surface area contributed by atoms with Crippen LogP contribution in [0.1, 0.15) is 0 Å². The number of thiol groups is 4. The van der Waals surface area contributed by atoms with E-state index in [0.29, 0.717) is 0 Å². The van der Waals surface area contributed by atoms with Crippen molar-refractivity contribution in [3.05, 3.63) is 0 Å². The molecule has 0 heterocycles. The summed E-state index contributed by atoms with van der Waals surface area (Å²) in [6.45, 7) is 2.00. The van der Waals surface area contributed by atoms with Crippen molar-refractivity contribution in [2.45, 2.75) is 0 Å². The van der Waals surface area contributed by atoms with Crippen molar-refractivity contribution in [1.82, 2.24) is 0 Å². The number of rotatable bonds is 4. The van der Waals surface area contributed by atoms with Gasteiger partial charge in [-0.3, -0.25) is 0 Å². The first-order chi connectivity index (χ1) is 7.25. The fourth-order valence-corrected chi connectivity index (χ4v) is 0.980. The summed E-state index contributed by atoms with van der Waals surface area (Å²) in [4.78, 5) is 8.00. The molecule has 0 bridgehead atoms. The fourth-order valence-electron chi connectivity index (χ4n) is 0.109. The molecule has 100 valence electrons. The lowest BCUT2D eigenvalue weighted by Gasteiger charge is -1.69. The van der Waals surface area contributed by atoms with E-state index in [1.165, 1.54) is 0 Å². The normalized spacial score (nSPS) is 9.50. The van der Waals surface area contributed by atoms with Gasteiger partial charge in [0, 0.05) is 0 Å². The Balaban J connectivity index is -0.000000183. The summed E-state index contributed by atoms with van der Waals surface area (Å²) in [6, 6.07) is 0. The Morgan fingerprint density at radius 2 is 0.625 bits per heavy atom. The molecule has 15 heteroatoms. The second-order valence-corrected chi connectivity index (χ2v) is 4.15. The molecule has 0 aliphatic rings. The number of carbonyl (C=O) groups is 1. The van der Waals surface area contributed by atoms with Gasteiger partial charge in [-0.1, -0.05) is 0 Å². The van der Waals surface area contributed by atoms with Gasteiger partial charge in [0.15, 0.2) is 0 Å². The molecule has 0 aromatic carbocycles. The summed E-state index contributed by atoms with van der Waals surface area (Å²) >= 11 is 0. The highest BCUT2D eigenvalue weighted by molar-refractivity contribution is 7.81. The third-order valence-corrected chi connectivity index (χ3v) is 2.40. The van der Waals surface area contributed by atoms with Gasteiger partial charge in [-0.15, -0.1) is 0 Å². The summed E-state index contributed by atoms with van der Waals surface area (Å²) in [7, 11) is -12.9. The van der Waals surface area contributed by atoms with E-state index in [1.54, 1.807) is 0 Å². The summed E-state index contributed by atoms with van der Waals surface area (Å²) in [5.41, 5.74) is 0. The van der Waals surface area contributed by atoms with Crippen molar-refractivity contribution in [3.8, 4) is 0 Å². The zero-order chi connectivity index (χ0) is 13.7. The Morgan fingerprint density at radius 3 is 0.625 bits per heavy atom. The Morgan fingerprint density at radius 1 is 0.500 bits per heavy atom. The van der Waals surface area contributed by atoms with Crippen LogP contribution in [-0.2, 0) is 56.0 Å². The number of hydrogen-bond donors (Lipinski definition) is 4. The molecule has 0 atom stereocenters. The Bertz CT molecular complexity index is 331. The quantitative estimate of drug-likeness (QED) is 0.371. The molecular formula is CH6O11S4. The van der Waals surface area contributed by atoms with Crippen LogP contribution in [0.4, 0.5) is 0 Å². The van der Waals surface area contributed by atoms with E-state index in [9.17, 15) is 33.7 Å². The summed E-state index contributed by atoms with van der Waals surface area (Å²) in [5, 5.41) is 0. The lowest BCUT2D eigenvalue weighted by Crippen LogP contribution is -1.82. The van der Waals surface area contributed by atoms with Crippen LogP contribution < -0.4 is 0 Å². The molecule has 0 saturated heterocycles. The van der Waals surface area contributed by atoms with Crippen LogP contribution in [-0.4, -0.2) is 40.5 Å². The van der Waals surface area contributed by atoms with Crippen molar-refractivity contribution in [3.63, 3.8) is 0 Å². The molecule has 0 N–H and O–H groups in total. The predicted octanol–water partition coefficient (Wildman–Crippen LogP) is -4.07. The molecule has 0 aromatic heterocycles. The highest BCUT2D eigenvalue weighted by Gasteiger charge is 1.81. The van der Waals surface area contributed by atoms with E-state index in [-0.39, 0.29) is 0 Å². The standard InChI is InChI=1S/CH2O.2H2O5S2/c1-2;2*1-6(2)5-7(3)4/h1H2;2*6-7H. The lowest BCUT2D eigenvalue weighted by molar-refractivity contribution is -0.0980. The van der Waals surface area contributed by atoms with Gasteiger partial charge in [-0.2, -0.15) is 7.26 Å². The van der Waals surface area contributed by atoms with Gasteiger partial charge in [0.2, 0.25) is 0 Å². The van der Waals surface area contributed by atoms with E-state index in [4.69, 9.17) is 4.79 Å². The first-order valence-electron chi connectivity index (χ1n) is 2.48. The molecule has 16 heavy (non-hydrogen) atoms. The van der Waals surface area contributed by atoms with Crippen LogP contribution in [0.15, 0.2) is 0 Å². The van der Waals surface area contributed by atoms with Crippen molar-refractivity contribution >= 4 is 50.7 Å². The molecule has 0 aromatic rings. The largest absolute Gasteiger partial charge is 0.307 e. The molecule has 0 aliphatic heterocycles. The monoisotopic (exact) mass is 322 g/mol. The van der Waals surface area contributed by atoms with Crippen molar-refractivity contribution in [1.29, 1.82) is 0 Å².